The summed E-state index contributed by atoms with van der Waals surface area (Å²) in [6, 6.07) is 14.2. The molecule has 0 aromatic heterocycles. The maximum absolute atomic E-state index is 12.6. The zero-order valence-electron chi connectivity index (χ0n) is 18.4. The molecule has 0 unspecified atom stereocenters. The predicted molar refractivity (Wildman–Crippen MR) is 117 cm³/mol. The molecule has 0 radical (unpaired) electrons. The number of benzene rings is 2. The number of carbonyl (C=O) groups is 1. The molecule has 2 aromatic carbocycles. The third kappa shape index (κ3) is 5.48. The van der Waals surface area contributed by atoms with E-state index in [0.29, 0.717) is 13.3 Å². The highest BCUT2D eigenvalue weighted by atomic mass is 16.7. The summed E-state index contributed by atoms with van der Waals surface area (Å²) >= 11 is 0. The van der Waals surface area contributed by atoms with E-state index in [-0.39, 0.29) is 11.9 Å². The zero-order chi connectivity index (χ0) is 21.6. The van der Waals surface area contributed by atoms with Gasteiger partial charge in [0.05, 0.1) is 7.11 Å². The molecule has 2 aliphatic rings. The Balaban J connectivity index is 1.18. The molecule has 0 aliphatic carbocycles. The van der Waals surface area contributed by atoms with Crippen LogP contribution in [0.4, 0.5) is 0 Å². The second kappa shape index (κ2) is 10.0. The van der Waals surface area contributed by atoms with E-state index in [1.807, 2.05) is 37.3 Å². The molecule has 31 heavy (non-hydrogen) atoms. The molecule has 3 N–H and O–H groups in total. The van der Waals surface area contributed by atoms with Gasteiger partial charge >= 0.3 is 0 Å². The number of quaternary nitrogens is 2. The highest BCUT2D eigenvalue weighted by molar-refractivity contribution is 5.79. The van der Waals surface area contributed by atoms with Gasteiger partial charge in [-0.25, -0.2) is 0 Å². The minimum Gasteiger partial charge on any atom is -0.497 e. The van der Waals surface area contributed by atoms with Gasteiger partial charge in [0.15, 0.2) is 17.5 Å². The number of ether oxygens (including phenoxy) is 3. The van der Waals surface area contributed by atoms with Crippen LogP contribution in [-0.2, 0) is 17.8 Å². The number of rotatable bonds is 8. The van der Waals surface area contributed by atoms with Crippen molar-refractivity contribution in [3.05, 3.63) is 53.6 Å². The Morgan fingerprint density at radius 1 is 1.03 bits per heavy atom. The second-order valence-electron chi connectivity index (χ2n) is 8.38. The maximum atomic E-state index is 12.6. The fourth-order valence-electron chi connectivity index (χ4n) is 4.33. The topological polar surface area (TPSA) is 65.7 Å². The lowest BCUT2D eigenvalue weighted by Crippen LogP contribution is -3.29. The van der Waals surface area contributed by atoms with Crippen LogP contribution >= 0.6 is 0 Å². The molecule has 1 atom stereocenters. The molecule has 7 nitrogen and oxygen atoms in total. The molecule has 1 amide bonds. The summed E-state index contributed by atoms with van der Waals surface area (Å²) in [5.74, 6) is 2.67. The number of carbonyl (C=O) groups excluding carboxylic acids is 1. The quantitative estimate of drug-likeness (QED) is 0.529. The summed E-state index contributed by atoms with van der Waals surface area (Å²) in [5, 5.41) is 3.11. The molecule has 166 valence electrons. The van der Waals surface area contributed by atoms with Crippen molar-refractivity contribution in [2.75, 3.05) is 46.6 Å². The third-order valence-electron chi connectivity index (χ3n) is 6.37. The third-order valence-corrected chi connectivity index (χ3v) is 6.37. The molecule has 0 spiro atoms. The molecule has 2 aliphatic heterocycles. The lowest BCUT2D eigenvalue weighted by molar-refractivity contribution is -1.02. The Morgan fingerprint density at radius 3 is 2.48 bits per heavy atom. The highest BCUT2D eigenvalue weighted by Crippen LogP contribution is 2.32. The van der Waals surface area contributed by atoms with Crippen LogP contribution in [0.5, 0.6) is 17.2 Å². The fraction of sp³-hybridized carbons (Fsp3) is 0.458. The number of amides is 1. The van der Waals surface area contributed by atoms with E-state index in [1.165, 1.54) is 16.0 Å². The van der Waals surface area contributed by atoms with Crippen LogP contribution in [0.2, 0.25) is 0 Å². The Kier molecular flexibility index (Phi) is 6.94. The van der Waals surface area contributed by atoms with Crippen LogP contribution < -0.4 is 29.3 Å². The Morgan fingerprint density at radius 2 is 1.74 bits per heavy atom. The van der Waals surface area contributed by atoms with E-state index in [4.69, 9.17) is 14.2 Å². The van der Waals surface area contributed by atoms with Crippen molar-refractivity contribution < 1.29 is 28.8 Å². The summed E-state index contributed by atoms with van der Waals surface area (Å²) in [6.45, 7) is 8.13. The normalized spacial score (nSPS) is 20.8. The Bertz CT molecular complexity index is 879. The van der Waals surface area contributed by atoms with Gasteiger partial charge < -0.3 is 29.3 Å². The molecular weight excluding hydrogens is 394 g/mol. The van der Waals surface area contributed by atoms with Crippen molar-refractivity contribution in [3.8, 4) is 17.2 Å². The molecule has 1 saturated heterocycles. The first-order valence-corrected chi connectivity index (χ1v) is 11.1. The van der Waals surface area contributed by atoms with E-state index in [9.17, 15) is 4.79 Å². The van der Waals surface area contributed by atoms with Gasteiger partial charge in [0, 0.05) is 12.1 Å². The van der Waals surface area contributed by atoms with Crippen molar-refractivity contribution in [2.24, 2.45) is 0 Å². The number of nitrogens with one attached hydrogen (secondary N) is 3. The number of fused-ring (bicyclic) bond motifs is 1. The molecule has 7 heteroatoms. The monoisotopic (exact) mass is 427 g/mol. The maximum Gasteiger partial charge on any atom is 0.278 e. The number of hydrogen-bond donors (Lipinski definition) is 3. The first-order chi connectivity index (χ1) is 15.1. The number of hydrogen-bond acceptors (Lipinski definition) is 4. The van der Waals surface area contributed by atoms with E-state index in [2.05, 4.69) is 17.4 Å². The van der Waals surface area contributed by atoms with E-state index in [1.54, 1.807) is 12.0 Å². The Hall–Kier alpha value is -2.77. The van der Waals surface area contributed by atoms with Crippen molar-refractivity contribution in [3.63, 3.8) is 0 Å². The van der Waals surface area contributed by atoms with Crippen LogP contribution in [0.1, 0.15) is 18.1 Å². The standard InChI is InChI=1S/C24H31N3O4/c1-18(24(28)25-10-9-19-3-6-21(29-2)7-4-19)27-13-11-26(12-14-27)16-20-5-8-22-23(15-20)31-17-30-22/h3-8,15,18H,9-14,16-17H2,1-2H3,(H,25,28)/p+2/t18-/m1/s1. The van der Waals surface area contributed by atoms with Gasteiger partial charge in [-0.2, -0.15) is 0 Å². The average Bonchev–Trinajstić information content (AvgIpc) is 3.27. The van der Waals surface area contributed by atoms with Crippen molar-refractivity contribution in [1.29, 1.82) is 0 Å². The summed E-state index contributed by atoms with van der Waals surface area (Å²) in [6.07, 6.45) is 0.825. The molecule has 0 bridgehead atoms. The van der Waals surface area contributed by atoms with Gasteiger partial charge in [-0.05, 0) is 49.2 Å². The largest absolute Gasteiger partial charge is 0.497 e. The van der Waals surface area contributed by atoms with Crippen molar-refractivity contribution >= 4 is 5.91 Å². The summed E-state index contributed by atoms with van der Waals surface area (Å²) < 4.78 is 16.1. The molecule has 4 rings (SSSR count). The van der Waals surface area contributed by atoms with E-state index >= 15 is 0 Å². The first-order valence-electron chi connectivity index (χ1n) is 11.1. The summed E-state index contributed by atoms with van der Waals surface area (Å²) in [5.41, 5.74) is 2.47. The highest BCUT2D eigenvalue weighted by Gasteiger charge is 2.31. The van der Waals surface area contributed by atoms with Crippen LogP contribution in [0, 0.1) is 0 Å². The van der Waals surface area contributed by atoms with Gasteiger partial charge in [0.1, 0.15) is 38.5 Å². The Labute approximate surface area is 183 Å². The van der Waals surface area contributed by atoms with Crippen LogP contribution in [0.15, 0.2) is 42.5 Å². The van der Waals surface area contributed by atoms with Gasteiger partial charge in [-0.3, -0.25) is 4.79 Å². The van der Waals surface area contributed by atoms with Crippen molar-refractivity contribution in [2.45, 2.75) is 25.9 Å². The van der Waals surface area contributed by atoms with Gasteiger partial charge in [-0.15, -0.1) is 0 Å². The average molecular weight is 428 g/mol. The molecule has 0 saturated carbocycles. The molecule has 1 fully saturated rings. The van der Waals surface area contributed by atoms with Gasteiger partial charge in [0.25, 0.3) is 5.91 Å². The molecule has 2 heterocycles. The van der Waals surface area contributed by atoms with E-state index < -0.39 is 0 Å². The molecular formula is C24H33N3O4+2. The second-order valence-corrected chi connectivity index (χ2v) is 8.38. The van der Waals surface area contributed by atoms with Crippen molar-refractivity contribution in [1.82, 2.24) is 5.32 Å². The minimum atomic E-state index is -0.0250. The fourth-order valence-corrected chi connectivity index (χ4v) is 4.33. The van der Waals surface area contributed by atoms with Crippen LogP contribution in [0.25, 0.3) is 0 Å². The van der Waals surface area contributed by atoms with Gasteiger partial charge in [0.2, 0.25) is 6.79 Å². The smallest absolute Gasteiger partial charge is 0.278 e. The summed E-state index contributed by atoms with van der Waals surface area (Å²) in [4.78, 5) is 15.6. The SMILES string of the molecule is COc1ccc(CCNC(=O)[C@@H](C)[NH+]2CC[NH+](Cc3ccc4c(c3)OCO4)CC2)cc1. The zero-order valence-corrected chi connectivity index (χ0v) is 18.4. The summed E-state index contributed by atoms with van der Waals surface area (Å²) in [7, 11) is 1.66. The van der Waals surface area contributed by atoms with Crippen LogP contribution in [0.3, 0.4) is 0 Å². The van der Waals surface area contributed by atoms with Crippen LogP contribution in [-0.4, -0.2) is 58.6 Å². The first kappa shape index (κ1) is 21.5. The minimum absolute atomic E-state index is 0.0250. The number of methoxy groups -OCH3 is 1. The number of piperazine rings is 1. The molecule has 2 aromatic rings. The lowest BCUT2D eigenvalue weighted by Gasteiger charge is -2.32. The van der Waals surface area contributed by atoms with Gasteiger partial charge in [-0.1, -0.05) is 12.1 Å². The van der Waals surface area contributed by atoms with E-state index in [0.717, 1.165) is 56.4 Å². The predicted octanol–water partition coefficient (Wildman–Crippen LogP) is -0.545. The lowest BCUT2D eigenvalue weighted by atomic mass is 10.1.